The SMILES string of the molecule is CC[C@H]1OC(=O)[C@@](C)(F)C(=O)[C@H](C)[C@@H](C)[C@@]2(C)C[C@@H](C)/C(NC(C)=O)=C(/C)[C@@H](OCC(=NOCc3ccccc3)CO2)[C@]1(C)O. The molecule has 0 saturated heterocycles. The summed E-state index contributed by atoms with van der Waals surface area (Å²) in [6, 6.07) is 9.49. The number of hydrogen-bond donors (Lipinski definition) is 2. The third kappa shape index (κ3) is 8.17. The van der Waals surface area contributed by atoms with Crippen LogP contribution in [0.1, 0.15) is 80.7 Å². The van der Waals surface area contributed by atoms with Crippen molar-refractivity contribution < 1.29 is 42.9 Å². The van der Waals surface area contributed by atoms with Crippen LogP contribution in [-0.4, -0.2) is 70.8 Å². The van der Waals surface area contributed by atoms with E-state index in [4.69, 9.17) is 19.0 Å². The van der Waals surface area contributed by atoms with Crippen molar-refractivity contribution in [3.63, 3.8) is 0 Å². The smallest absolute Gasteiger partial charge is 0.351 e. The number of alkyl halides is 1. The van der Waals surface area contributed by atoms with Gasteiger partial charge < -0.3 is 29.5 Å². The fourth-order valence-electron chi connectivity index (χ4n) is 6.36. The number of Topliss-reactive ketones (excluding diaryl/α,β-unsaturated/α-hetero) is 1. The molecule has 45 heavy (non-hydrogen) atoms. The maximum atomic E-state index is 16.1. The summed E-state index contributed by atoms with van der Waals surface area (Å²) >= 11 is 0. The van der Waals surface area contributed by atoms with E-state index in [1.54, 1.807) is 27.7 Å². The highest BCUT2D eigenvalue weighted by Gasteiger charge is 2.53. The average molecular weight is 633 g/mol. The van der Waals surface area contributed by atoms with E-state index in [-0.39, 0.29) is 44.5 Å². The lowest BCUT2D eigenvalue weighted by Crippen LogP contribution is -2.56. The molecule has 2 bridgehead atoms. The number of rotatable bonds is 5. The quantitative estimate of drug-likeness (QED) is 0.268. The summed E-state index contributed by atoms with van der Waals surface area (Å²) in [5, 5.41) is 19.3. The zero-order chi connectivity index (χ0) is 33.7. The van der Waals surface area contributed by atoms with Crippen LogP contribution >= 0.6 is 0 Å². The molecule has 0 unspecified atom stereocenters. The first-order valence-corrected chi connectivity index (χ1v) is 15.6. The second kappa shape index (κ2) is 14.5. The fraction of sp³-hybridized carbons (Fsp3) is 0.647. The number of ether oxygens (including phenoxy) is 3. The van der Waals surface area contributed by atoms with Crippen molar-refractivity contribution in [2.24, 2.45) is 22.9 Å². The van der Waals surface area contributed by atoms with E-state index in [0.29, 0.717) is 17.0 Å². The van der Waals surface area contributed by atoms with Gasteiger partial charge in [0.25, 0.3) is 5.67 Å². The minimum absolute atomic E-state index is 0.0633. The van der Waals surface area contributed by atoms with Crippen molar-refractivity contribution >= 4 is 23.4 Å². The standard InChI is InChI=1S/C34H49FN2O8/c1-10-27-34(9,41)30-22(4)28(36-24(6)38)20(2)16-32(7,23(5)21(3)29(39)33(8,35)31(40)45-27)43-19-26(18-42-30)37-44-17-25-14-12-11-13-15-25/h11-15,20-21,23,27,30,41H,10,16-19H2,1-9H3,(H,36,38)/b28-22+,37-26?/t20-,21-,23-,27-,30-,32-,33+,34-/m1/s1. The van der Waals surface area contributed by atoms with Crippen LogP contribution in [-0.2, 0) is 40.0 Å². The van der Waals surface area contributed by atoms with Crippen LogP contribution in [0.4, 0.5) is 4.39 Å². The first kappa shape index (κ1) is 36.3. The van der Waals surface area contributed by atoms with Gasteiger partial charge in [-0.2, -0.15) is 0 Å². The summed E-state index contributed by atoms with van der Waals surface area (Å²) in [6.45, 7) is 14.1. The molecule has 0 saturated carbocycles. The molecule has 1 aromatic rings. The fourth-order valence-corrected chi connectivity index (χ4v) is 6.36. The number of esters is 1. The van der Waals surface area contributed by atoms with Crippen molar-refractivity contribution in [3.05, 3.63) is 47.2 Å². The second-order valence-corrected chi connectivity index (χ2v) is 13.1. The number of aliphatic hydroxyl groups is 1. The van der Waals surface area contributed by atoms with Gasteiger partial charge in [0.2, 0.25) is 5.91 Å². The number of halogens is 1. The van der Waals surface area contributed by atoms with E-state index < -0.39 is 52.7 Å². The monoisotopic (exact) mass is 632 g/mol. The second-order valence-electron chi connectivity index (χ2n) is 13.1. The van der Waals surface area contributed by atoms with E-state index in [1.807, 2.05) is 44.2 Å². The summed E-state index contributed by atoms with van der Waals surface area (Å²) in [5.74, 6) is -4.63. The molecule has 11 heteroatoms. The number of amides is 1. The molecule has 10 nitrogen and oxygen atoms in total. The number of carbonyl (C=O) groups is 3. The van der Waals surface area contributed by atoms with E-state index in [9.17, 15) is 19.5 Å². The van der Waals surface area contributed by atoms with E-state index in [2.05, 4.69) is 10.5 Å². The molecular weight excluding hydrogens is 583 g/mol. The molecular formula is C34H49FN2O8. The Bertz CT molecular complexity index is 1290. The van der Waals surface area contributed by atoms with Crippen molar-refractivity contribution in [1.29, 1.82) is 0 Å². The summed E-state index contributed by atoms with van der Waals surface area (Å²) in [5.41, 5.74) is -3.74. The molecule has 3 rings (SSSR count). The number of allylic oxidation sites excluding steroid dienone is 1. The Morgan fingerprint density at radius 3 is 2.38 bits per heavy atom. The molecule has 0 fully saturated rings. The number of ketones is 1. The molecule has 1 amide bonds. The number of nitrogens with zero attached hydrogens (tertiary/aromatic N) is 1. The lowest BCUT2D eigenvalue weighted by Gasteiger charge is -2.43. The van der Waals surface area contributed by atoms with E-state index >= 15 is 4.39 Å². The number of hydrogen-bond acceptors (Lipinski definition) is 9. The molecule has 0 spiro atoms. The predicted octanol–water partition coefficient (Wildman–Crippen LogP) is 4.83. The highest BCUT2D eigenvalue weighted by Crippen LogP contribution is 2.41. The Labute approximate surface area is 265 Å². The summed E-state index contributed by atoms with van der Waals surface area (Å²) in [6.07, 6.45) is -2.07. The zero-order valence-electron chi connectivity index (χ0n) is 27.9. The maximum absolute atomic E-state index is 16.1. The molecule has 0 aromatic heterocycles. The summed E-state index contributed by atoms with van der Waals surface area (Å²) in [7, 11) is 0. The first-order valence-electron chi connectivity index (χ1n) is 15.6. The number of cyclic esters (lactones) is 1. The molecule has 2 heterocycles. The first-order chi connectivity index (χ1) is 21.0. The van der Waals surface area contributed by atoms with Gasteiger partial charge in [0.15, 0.2) is 5.78 Å². The molecule has 8 atom stereocenters. The van der Waals surface area contributed by atoms with Crippen LogP contribution < -0.4 is 5.32 Å². The Morgan fingerprint density at radius 2 is 1.78 bits per heavy atom. The molecule has 2 aliphatic rings. The molecule has 2 aliphatic heterocycles. The minimum atomic E-state index is -2.98. The molecule has 1 aromatic carbocycles. The van der Waals surface area contributed by atoms with E-state index in [1.165, 1.54) is 13.8 Å². The maximum Gasteiger partial charge on any atom is 0.351 e. The Morgan fingerprint density at radius 1 is 1.13 bits per heavy atom. The van der Waals surface area contributed by atoms with Crippen LogP contribution in [0.15, 0.2) is 46.8 Å². The van der Waals surface area contributed by atoms with Gasteiger partial charge in [0.05, 0.1) is 18.8 Å². The summed E-state index contributed by atoms with van der Waals surface area (Å²) in [4.78, 5) is 45.0. The molecule has 250 valence electrons. The highest BCUT2D eigenvalue weighted by molar-refractivity contribution is 6.07. The van der Waals surface area contributed by atoms with Gasteiger partial charge in [0, 0.05) is 18.5 Å². The third-order valence-corrected chi connectivity index (χ3v) is 9.36. The molecule has 0 radical (unpaired) electrons. The van der Waals surface area contributed by atoms with Gasteiger partial charge in [-0.15, -0.1) is 0 Å². The number of fused-ring (bicyclic) bond motifs is 4. The van der Waals surface area contributed by atoms with Crippen LogP contribution in [0.3, 0.4) is 0 Å². The van der Waals surface area contributed by atoms with Crippen LogP contribution in [0, 0.1) is 17.8 Å². The van der Waals surface area contributed by atoms with Gasteiger partial charge in [-0.05, 0) is 63.5 Å². The summed E-state index contributed by atoms with van der Waals surface area (Å²) < 4.78 is 34.6. The van der Waals surface area contributed by atoms with Gasteiger partial charge >= 0.3 is 5.97 Å². The van der Waals surface area contributed by atoms with E-state index in [0.717, 1.165) is 12.5 Å². The lowest BCUT2D eigenvalue weighted by molar-refractivity contribution is -0.191. The third-order valence-electron chi connectivity index (χ3n) is 9.36. The van der Waals surface area contributed by atoms with Crippen molar-refractivity contribution in [2.75, 3.05) is 13.2 Å². The predicted molar refractivity (Wildman–Crippen MR) is 167 cm³/mol. The lowest BCUT2D eigenvalue weighted by atomic mass is 9.72. The zero-order valence-corrected chi connectivity index (χ0v) is 27.9. The van der Waals surface area contributed by atoms with Gasteiger partial charge in [-0.3, -0.25) is 9.59 Å². The molecule has 0 aliphatic carbocycles. The Kier molecular flexibility index (Phi) is 11.7. The van der Waals surface area contributed by atoms with Crippen LogP contribution in [0.25, 0.3) is 0 Å². The minimum Gasteiger partial charge on any atom is -0.457 e. The topological polar surface area (TPSA) is 133 Å². The highest BCUT2D eigenvalue weighted by atomic mass is 19.1. The van der Waals surface area contributed by atoms with Gasteiger partial charge in [0.1, 0.15) is 30.1 Å². The van der Waals surface area contributed by atoms with Crippen molar-refractivity contribution in [1.82, 2.24) is 5.32 Å². The van der Waals surface area contributed by atoms with Crippen molar-refractivity contribution in [3.8, 4) is 0 Å². The van der Waals surface area contributed by atoms with Crippen molar-refractivity contribution in [2.45, 2.75) is 111 Å². The van der Waals surface area contributed by atoms with Crippen LogP contribution in [0.2, 0.25) is 0 Å². The number of nitrogens with one attached hydrogen (secondary N) is 1. The Hall–Kier alpha value is -3.15. The number of benzene rings is 1. The van der Waals surface area contributed by atoms with Gasteiger partial charge in [-0.25, -0.2) is 9.18 Å². The number of oxime groups is 1. The number of carbonyl (C=O) groups excluding carboxylic acids is 3. The Balaban J connectivity index is 2.26. The average Bonchev–Trinajstić information content (AvgIpc) is 3.00. The van der Waals surface area contributed by atoms with Crippen LogP contribution in [0.5, 0.6) is 0 Å². The van der Waals surface area contributed by atoms with Gasteiger partial charge in [-0.1, -0.05) is 63.2 Å². The largest absolute Gasteiger partial charge is 0.457 e. The molecule has 2 N–H and O–H groups in total. The normalized spacial score (nSPS) is 38.0.